The molecule has 0 radical (unpaired) electrons. The Labute approximate surface area is 111 Å². The van der Waals surface area contributed by atoms with Crippen LogP contribution in [0.5, 0.6) is 5.75 Å². The van der Waals surface area contributed by atoms with Crippen LogP contribution in [0.15, 0.2) is 41.8 Å². The molecule has 1 aromatic heterocycles. The molecule has 1 atom stereocenters. The fraction of sp³-hybridized carbons (Fsp3) is 0.286. The molecule has 3 nitrogen and oxygen atoms in total. The average Bonchev–Trinajstić information content (AvgIpc) is 2.94. The van der Waals surface area contributed by atoms with E-state index in [4.69, 9.17) is 15.2 Å². The van der Waals surface area contributed by atoms with Crippen LogP contribution in [0.25, 0.3) is 0 Å². The van der Waals surface area contributed by atoms with Gasteiger partial charge in [-0.1, -0.05) is 18.2 Å². The standard InChI is InChI=1S/C14H17NO2S/c1-16-12-6-4-11(5-7-12)14(17-9-8-15)13-3-2-10-18-13/h2-7,10,14H,8-9,15H2,1H3. The second kappa shape index (κ2) is 6.54. The smallest absolute Gasteiger partial charge is 0.118 e. The van der Waals surface area contributed by atoms with E-state index in [2.05, 4.69) is 11.4 Å². The first-order valence-corrected chi connectivity index (χ1v) is 6.72. The Morgan fingerprint density at radius 2 is 2.00 bits per heavy atom. The van der Waals surface area contributed by atoms with Gasteiger partial charge in [0.1, 0.15) is 11.9 Å². The quantitative estimate of drug-likeness (QED) is 0.871. The molecule has 0 bridgehead atoms. The highest BCUT2D eigenvalue weighted by Gasteiger charge is 2.15. The highest BCUT2D eigenvalue weighted by Crippen LogP contribution is 2.30. The minimum absolute atomic E-state index is 0.0422. The van der Waals surface area contributed by atoms with Crippen LogP contribution in [-0.4, -0.2) is 20.3 Å². The molecule has 96 valence electrons. The van der Waals surface area contributed by atoms with Gasteiger partial charge in [0.05, 0.1) is 13.7 Å². The minimum atomic E-state index is -0.0422. The molecule has 0 aliphatic rings. The molecule has 1 heterocycles. The van der Waals surface area contributed by atoms with E-state index in [9.17, 15) is 0 Å². The van der Waals surface area contributed by atoms with E-state index in [1.807, 2.05) is 30.3 Å². The second-order valence-corrected chi connectivity index (χ2v) is 4.81. The first-order valence-electron chi connectivity index (χ1n) is 5.84. The molecule has 0 spiro atoms. The number of methoxy groups -OCH3 is 1. The van der Waals surface area contributed by atoms with Gasteiger partial charge < -0.3 is 15.2 Å². The van der Waals surface area contributed by atoms with E-state index in [-0.39, 0.29) is 6.10 Å². The summed E-state index contributed by atoms with van der Waals surface area (Å²) < 4.78 is 11.0. The summed E-state index contributed by atoms with van der Waals surface area (Å²) in [7, 11) is 1.66. The molecule has 2 aromatic rings. The van der Waals surface area contributed by atoms with Gasteiger partial charge in [-0.05, 0) is 29.1 Å². The minimum Gasteiger partial charge on any atom is -0.497 e. The van der Waals surface area contributed by atoms with E-state index in [1.54, 1.807) is 18.4 Å². The van der Waals surface area contributed by atoms with E-state index < -0.39 is 0 Å². The van der Waals surface area contributed by atoms with Gasteiger partial charge in [0.25, 0.3) is 0 Å². The summed E-state index contributed by atoms with van der Waals surface area (Å²) in [6.07, 6.45) is -0.0422. The predicted octanol–water partition coefficient (Wildman–Crippen LogP) is 2.82. The third kappa shape index (κ3) is 3.10. The van der Waals surface area contributed by atoms with E-state index >= 15 is 0 Å². The summed E-state index contributed by atoms with van der Waals surface area (Å²) in [4.78, 5) is 1.19. The topological polar surface area (TPSA) is 44.5 Å². The maximum absolute atomic E-state index is 5.84. The van der Waals surface area contributed by atoms with Crippen molar-refractivity contribution in [2.45, 2.75) is 6.10 Å². The van der Waals surface area contributed by atoms with Crippen LogP contribution in [0.2, 0.25) is 0 Å². The summed E-state index contributed by atoms with van der Waals surface area (Å²) in [5, 5.41) is 2.05. The van der Waals surface area contributed by atoms with Crippen LogP contribution in [0.4, 0.5) is 0 Å². The molecular formula is C14H17NO2S. The lowest BCUT2D eigenvalue weighted by Crippen LogP contribution is -2.13. The van der Waals surface area contributed by atoms with Crippen LogP contribution in [0.3, 0.4) is 0 Å². The summed E-state index contributed by atoms with van der Waals surface area (Å²) in [6, 6.07) is 12.1. The predicted molar refractivity (Wildman–Crippen MR) is 74.2 cm³/mol. The summed E-state index contributed by atoms with van der Waals surface area (Å²) in [6.45, 7) is 1.08. The van der Waals surface area contributed by atoms with Crippen molar-refractivity contribution >= 4 is 11.3 Å². The van der Waals surface area contributed by atoms with Crippen molar-refractivity contribution < 1.29 is 9.47 Å². The highest BCUT2D eigenvalue weighted by molar-refractivity contribution is 7.10. The van der Waals surface area contributed by atoms with Crippen molar-refractivity contribution in [2.24, 2.45) is 5.73 Å². The van der Waals surface area contributed by atoms with Crippen LogP contribution in [0.1, 0.15) is 16.5 Å². The number of rotatable bonds is 6. The molecule has 2 N–H and O–H groups in total. The normalized spacial score (nSPS) is 12.3. The zero-order valence-corrected chi connectivity index (χ0v) is 11.2. The van der Waals surface area contributed by atoms with Crippen molar-refractivity contribution in [3.05, 3.63) is 52.2 Å². The Bertz CT molecular complexity index is 453. The molecule has 0 saturated heterocycles. The van der Waals surface area contributed by atoms with Gasteiger partial charge in [-0.25, -0.2) is 0 Å². The van der Waals surface area contributed by atoms with Crippen LogP contribution in [0, 0.1) is 0 Å². The van der Waals surface area contributed by atoms with Crippen molar-refractivity contribution in [1.82, 2.24) is 0 Å². The molecule has 1 unspecified atom stereocenters. The Hall–Kier alpha value is -1.36. The maximum atomic E-state index is 5.84. The molecule has 0 aliphatic heterocycles. The third-order valence-corrected chi connectivity index (χ3v) is 3.54. The van der Waals surface area contributed by atoms with Gasteiger partial charge in [-0.2, -0.15) is 0 Å². The lowest BCUT2D eigenvalue weighted by atomic mass is 10.1. The summed E-state index contributed by atoms with van der Waals surface area (Å²) >= 11 is 1.69. The van der Waals surface area contributed by atoms with Crippen LogP contribution in [-0.2, 0) is 4.74 Å². The fourth-order valence-electron chi connectivity index (χ4n) is 1.75. The van der Waals surface area contributed by atoms with Crippen molar-refractivity contribution in [1.29, 1.82) is 0 Å². The van der Waals surface area contributed by atoms with Gasteiger partial charge in [0.2, 0.25) is 0 Å². The van der Waals surface area contributed by atoms with Crippen LogP contribution < -0.4 is 10.5 Å². The zero-order valence-electron chi connectivity index (χ0n) is 10.3. The van der Waals surface area contributed by atoms with Gasteiger partial charge in [0, 0.05) is 11.4 Å². The summed E-state index contributed by atoms with van der Waals surface area (Å²) in [5.41, 5.74) is 6.63. The molecule has 4 heteroatoms. The number of benzene rings is 1. The highest BCUT2D eigenvalue weighted by atomic mass is 32.1. The molecule has 0 aliphatic carbocycles. The molecule has 2 rings (SSSR count). The average molecular weight is 263 g/mol. The molecule has 1 aromatic carbocycles. The van der Waals surface area contributed by atoms with Gasteiger partial charge >= 0.3 is 0 Å². The van der Waals surface area contributed by atoms with E-state index in [0.717, 1.165) is 11.3 Å². The molecule has 0 fully saturated rings. The van der Waals surface area contributed by atoms with Crippen molar-refractivity contribution in [3.8, 4) is 5.75 Å². The number of hydrogen-bond acceptors (Lipinski definition) is 4. The van der Waals surface area contributed by atoms with Crippen molar-refractivity contribution in [3.63, 3.8) is 0 Å². The lowest BCUT2D eigenvalue weighted by molar-refractivity contribution is 0.0888. The Morgan fingerprint density at radius 1 is 1.22 bits per heavy atom. The number of hydrogen-bond donors (Lipinski definition) is 1. The van der Waals surface area contributed by atoms with E-state index in [1.165, 1.54) is 4.88 Å². The van der Waals surface area contributed by atoms with Crippen LogP contribution >= 0.6 is 11.3 Å². The summed E-state index contributed by atoms with van der Waals surface area (Å²) in [5.74, 6) is 0.850. The largest absolute Gasteiger partial charge is 0.497 e. The van der Waals surface area contributed by atoms with Crippen molar-refractivity contribution in [2.75, 3.05) is 20.3 Å². The first kappa shape index (κ1) is 13.1. The second-order valence-electron chi connectivity index (χ2n) is 3.83. The van der Waals surface area contributed by atoms with E-state index in [0.29, 0.717) is 13.2 Å². The Kier molecular flexibility index (Phi) is 4.75. The number of ether oxygens (including phenoxy) is 2. The van der Waals surface area contributed by atoms with Gasteiger partial charge in [0.15, 0.2) is 0 Å². The SMILES string of the molecule is COc1ccc(C(OCCN)c2cccs2)cc1. The maximum Gasteiger partial charge on any atom is 0.118 e. The monoisotopic (exact) mass is 263 g/mol. The lowest BCUT2D eigenvalue weighted by Gasteiger charge is -2.17. The number of thiophene rings is 1. The molecular weight excluding hydrogens is 246 g/mol. The molecule has 18 heavy (non-hydrogen) atoms. The molecule has 0 amide bonds. The third-order valence-electron chi connectivity index (χ3n) is 2.62. The first-order chi connectivity index (χ1) is 8.85. The number of nitrogens with two attached hydrogens (primary N) is 1. The van der Waals surface area contributed by atoms with Gasteiger partial charge in [-0.3, -0.25) is 0 Å². The Morgan fingerprint density at radius 3 is 2.56 bits per heavy atom. The Balaban J connectivity index is 2.21. The van der Waals surface area contributed by atoms with Gasteiger partial charge in [-0.15, -0.1) is 11.3 Å². The zero-order chi connectivity index (χ0) is 12.8. The molecule has 0 saturated carbocycles. The fourth-order valence-corrected chi connectivity index (χ4v) is 2.55.